The molecule has 0 bridgehead atoms. The van der Waals surface area contributed by atoms with Crippen LogP contribution in [0.1, 0.15) is 35.4 Å². The maximum Gasteiger partial charge on any atom is 0.293 e. The highest BCUT2D eigenvalue weighted by atomic mass is 32.2. The van der Waals surface area contributed by atoms with Crippen molar-refractivity contribution in [3.8, 4) is 5.82 Å². The van der Waals surface area contributed by atoms with Crippen LogP contribution in [0.25, 0.3) is 5.82 Å². The van der Waals surface area contributed by atoms with E-state index in [-0.39, 0.29) is 17.3 Å². The fraction of sp³-hybridized carbons (Fsp3) is 0.263. The predicted octanol–water partition coefficient (Wildman–Crippen LogP) is 2.60. The largest absolute Gasteiger partial charge is 0.378 e. The summed E-state index contributed by atoms with van der Waals surface area (Å²) in [6.07, 6.45) is 9.01. The Bertz CT molecular complexity index is 1060. The number of hydrogen-bond donors (Lipinski definition) is 2. The van der Waals surface area contributed by atoms with Crippen LogP contribution in [-0.4, -0.2) is 37.4 Å². The van der Waals surface area contributed by atoms with E-state index in [1.807, 2.05) is 30.3 Å². The molecule has 0 radical (unpaired) electrons. The van der Waals surface area contributed by atoms with Crippen molar-refractivity contribution in [3.63, 3.8) is 0 Å². The summed E-state index contributed by atoms with van der Waals surface area (Å²) in [4.78, 5) is 13.8. The average molecular weight is 424 g/mol. The molecule has 2 heterocycles. The third-order valence-corrected chi connectivity index (χ3v) is 5.58. The SMILES string of the molecule is Nc1nonc1-n1nnc(C(=O)NN=CC2CC=CCC2)c1CSc1ccccc1. The average Bonchev–Trinajstić information content (AvgIpc) is 3.39. The van der Waals surface area contributed by atoms with Gasteiger partial charge in [-0.05, 0) is 47.6 Å². The first kappa shape index (κ1) is 19.8. The van der Waals surface area contributed by atoms with Gasteiger partial charge in [-0.1, -0.05) is 35.6 Å². The van der Waals surface area contributed by atoms with Crippen molar-refractivity contribution in [2.45, 2.75) is 29.9 Å². The number of benzene rings is 1. The topological polar surface area (TPSA) is 137 Å². The van der Waals surface area contributed by atoms with Gasteiger partial charge in [-0.25, -0.2) is 10.1 Å². The number of nitrogens with zero attached hydrogens (tertiary/aromatic N) is 6. The zero-order valence-corrected chi connectivity index (χ0v) is 16.8. The van der Waals surface area contributed by atoms with Crippen LogP contribution >= 0.6 is 11.8 Å². The maximum atomic E-state index is 12.7. The molecule has 1 amide bonds. The van der Waals surface area contributed by atoms with E-state index < -0.39 is 5.91 Å². The highest BCUT2D eigenvalue weighted by molar-refractivity contribution is 7.98. The van der Waals surface area contributed by atoms with Gasteiger partial charge in [-0.3, -0.25) is 4.79 Å². The van der Waals surface area contributed by atoms with Crippen LogP contribution in [0.2, 0.25) is 0 Å². The van der Waals surface area contributed by atoms with Gasteiger partial charge in [-0.15, -0.1) is 16.9 Å². The maximum absolute atomic E-state index is 12.7. The third kappa shape index (κ3) is 4.57. The molecular formula is C19H20N8O2S. The van der Waals surface area contributed by atoms with Crippen molar-refractivity contribution in [1.29, 1.82) is 0 Å². The summed E-state index contributed by atoms with van der Waals surface area (Å²) in [7, 11) is 0. The highest BCUT2D eigenvalue weighted by Gasteiger charge is 2.24. The van der Waals surface area contributed by atoms with Crippen LogP contribution < -0.4 is 11.2 Å². The first-order valence-electron chi connectivity index (χ1n) is 9.41. The highest BCUT2D eigenvalue weighted by Crippen LogP contribution is 2.25. The number of carbonyl (C=O) groups excluding carboxylic acids is 1. The van der Waals surface area contributed by atoms with Gasteiger partial charge in [0, 0.05) is 16.9 Å². The standard InChI is InChI=1S/C19H20N8O2S/c20-17-18(25-29-24-17)27-15(12-30-14-9-5-2-6-10-14)16(22-26-27)19(28)23-21-11-13-7-3-1-4-8-13/h1-3,5-6,9-11,13H,4,7-8,12H2,(H2,20,24)(H,23,28). The lowest BCUT2D eigenvalue weighted by Gasteiger charge is -2.11. The smallest absolute Gasteiger partial charge is 0.293 e. The Kier molecular flexibility index (Phi) is 6.18. The van der Waals surface area contributed by atoms with Gasteiger partial charge in [0.05, 0.1) is 5.69 Å². The first-order chi connectivity index (χ1) is 14.7. The minimum atomic E-state index is -0.456. The molecule has 154 valence electrons. The van der Waals surface area contributed by atoms with E-state index >= 15 is 0 Å². The van der Waals surface area contributed by atoms with Crippen LogP contribution in [0, 0.1) is 5.92 Å². The quantitative estimate of drug-likeness (QED) is 0.255. The Morgan fingerprint density at radius 1 is 1.33 bits per heavy atom. The molecule has 30 heavy (non-hydrogen) atoms. The molecule has 1 aliphatic rings. The number of allylic oxidation sites excluding steroid dienone is 2. The van der Waals surface area contributed by atoms with Gasteiger partial charge in [-0.2, -0.15) is 9.78 Å². The molecule has 0 saturated heterocycles. The summed E-state index contributed by atoms with van der Waals surface area (Å²) < 4.78 is 6.04. The Morgan fingerprint density at radius 2 is 2.20 bits per heavy atom. The Morgan fingerprint density at radius 3 is 2.93 bits per heavy atom. The van der Waals surface area contributed by atoms with Crippen LogP contribution in [0.5, 0.6) is 0 Å². The van der Waals surface area contributed by atoms with Crippen LogP contribution in [0.15, 0.2) is 57.1 Å². The number of nitrogen functional groups attached to an aromatic ring is 1. The molecule has 1 aliphatic carbocycles. The van der Waals surface area contributed by atoms with Gasteiger partial charge in [0.2, 0.25) is 11.6 Å². The minimum absolute atomic E-state index is 0.0567. The lowest BCUT2D eigenvalue weighted by molar-refractivity contribution is 0.0949. The molecule has 1 unspecified atom stereocenters. The fourth-order valence-electron chi connectivity index (χ4n) is 2.99. The monoisotopic (exact) mass is 424 g/mol. The summed E-state index contributed by atoms with van der Waals surface area (Å²) in [6.45, 7) is 0. The van der Waals surface area contributed by atoms with Gasteiger partial charge in [0.1, 0.15) is 0 Å². The number of amides is 1. The summed E-state index contributed by atoms with van der Waals surface area (Å²) in [6, 6.07) is 9.79. The number of hydrogen-bond acceptors (Lipinski definition) is 9. The Hall–Kier alpha value is -3.47. The molecule has 0 fully saturated rings. The fourth-order valence-corrected chi connectivity index (χ4v) is 3.90. The Labute approximate surface area is 176 Å². The van der Waals surface area contributed by atoms with Crippen molar-refractivity contribution in [2.24, 2.45) is 11.0 Å². The molecular weight excluding hydrogens is 404 g/mol. The molecule has 3 aromatic rings. The van der Waals surface area contributed by atoms with Crippen LogP contribution in [0.4, 0.5) is 5.82 Å². The summed E-state index contributed by atoms with van der Waals surface area (Å²) in [5.41, 5.74) is 9.01. The lowest BCUT2D eigenvalue weighted by Crippen LogP contribution is -2.21. The lowest BCUT2D eigenvalue weighted by atomic mass is 9.96. The van der Waals surface area contributed by atoms with Gasteiger partial charge in [0.15, 0.2) is 5.69 Å². The van der Waals surface area contributed by atoms with E-state index in [1.165, 1.54) is 16.4 Å². The number of carbonyl (C=O) groups is 1. The first-order valence-corrected chi connectivity index (χ1v) is 10.4. The van der Waals surface area contributed by atoms with Gasteiger partial charge >= 0.3 is 0 Å². The summed E-state index contributed by atoms with van der Waals surface area (Å²) in [5.74, 6) is 0.509. The third-order valence-electron chi connectivity index (χ3n) is 4.55. The molecule has 1 aromatic carbocycles. The number of rotatable bonds is 7. The van der Waals surface area contributed by atoms with Crippen LogP contribution in [-0.2, 0) is 5.75 Å². The second kappa shape index (κ2) is 9.35. The number of aromatic nitrogens is 5. The van der Waals surface area contributed by atoms with E-state index in [0.29, 0.717) is 17.4 Å². The summed E-state index contributed by atoms with van der Waals surface area (Å²) >= 11 is 1.53. The molecule has 11 heteroatoms. The molecule has 0 saturated carbocycles. The van der Waals surface area contributed by atoms with E-state index in [1.54, 1.807) is 6.21 Å². The number of hydrazone groups is 1. The number of nitrogens with one attached hydrogen (secondary N) is 1. The molecule has 0 aliphatic heterocycles. The van der Waals surface area contributed by atoms with Gasteiger partial charge in [0.25, 0.3) is 5.91 Å². The molecule has 2 aromatic heterocycles. The van der Waals surface area contributed by atoms with Crippen molar-refractivity contribution in [3.05, 3.63) is 53.9 Å². The van der Waals surface area contributed by atoms with E-state index in [9.17, 15) is 4.79 Å². The second-order valence-electron chi connectivity index (χ2n) is 6.63. The molecule has 0 spiro atoms. The Balaban J connectivity index is 1.54. The predicted molar refractivity (Wildman–Crippen MR) is 112 cm³/mol. The summed E-state index contributed by atoms with van der Waals surface area (Å²) in [5, 5.41) is 19.5. The van der Waals surface area contributed by atoms with Gasteiger partial charge < -0.3 is 5.73 Å². The number of thioether (sulfide) groups is 1. The van der Waals surface area contributed by atoms with Crippen molar-refractivity contribution in [1.82, 2.24) is 30.7 Å². The van der Waals surface area contributed by atoms with Crippen LogP contribution in [0.3, 0.4) is 0 Å². The van der Waals surface area contributed by atoms with E-state index in [4.69, 9.17) is 5.73 Å². The molecule has 10 nitrogen and oxygen atoms in total. The normalized spacial score (nSPS) is 16.2. The number of nitrogens with two attached hydrogens (primary N) is 1. The van der Waals surface area contributed by atoms with Crippen molar-refractivity contribution in [2.75, 3.05) is 5.73 Å². The van der Waals surface area contributed by atoms with E-state index in [0.717, 1.165) is 24.2 Å². The van der Waals surface area contributed by atoms with Crippen molar-refractivity contribution < 1.29 is 9.42 Å². The molecule has 4 rings (SSSR count). The zero-order valence-electron chi connectivity index (χ0n) is 16.0. The number of anilines is 1. The zero-order chi connectivity index (χ0) is 20.8. The second-order valence-corrected chi connectivity index (χ2v) is 7.68. The molecule has 3 N–H and O–H groups in total. The molecule has 1 atom stereocenters. The van der Waals surface area contributed by atoms with Crippen molar-refractivity contribution >= 4 is 29.7 Å². The minimum Gasteiger partial charge on any atom is -0.378 e. The van der Waals surface area contributed by atoms with E-state index in [2.05, 4.69) is 47.9 Å².